The molecule has 0 aromatic heterocycles. The van der Waals surface area contributed by atoms with Crippen LogP contribution >= 0.6 is 0 Å². The number of hydrogen-bond acceptors (Lipinski definition) is 5. The lowest BCUT2D eigenvalue weighted by molar-refractivity contribution is -0.139. The number of halogens is 1. The zero-order valence-electron chi connectivity index (χ0n) is 23.5. The van der Waals surface area contributed by atoms with Gasteiger partial charge in [-0.05, 0) is 86.3 Å². The second kappa shape index (κ2) is 13.2. The number of hydrogen-bond donors (Lipinski definition) is 1. The topological polar surface area (TPSA) is 96.0 Å². The molecule has 0 radical (unpaired) electrons. The number of amides is 2. The van der Waals surface area contributed by atoms with E-state index in [-0.39, 0.29) is 29.1 Å². The number of carbonyl (C=O) groups excluding carboxylic acids is 2. The van der Waals surface area contributed by atoms with E-state index in [1.54, 1.807) is 6.92 Å². The summed E-state index contributed by atoms with van der Waals surface area (Å²) in [6, 6.07) is 17.4. The molecule has 0 saturated heterocycles. The molecule has 3 aromatic carbocycles. The molecule has 3 aromatic rings. The Balaban J connectivity index is 1.69. The van der Waals surface area contributed by atoms with Gasteiger partial charge < -0.3 is 15.0 Å². The minimum Gasteiger partial charge on any atom is -0.497 e. The first-order chi connectivity index (χ1) is 19.6. The van der Waals surface area contributed by atoms with E-state index >= 15 is 0 Å². The van der Waals surface area contributed by atoms with E-state index in [9.17, 15) is 22.4 Å². The Bertz CT molecular complexity index is 1460. The first-order valence-electron chi connectivity index (χ1n) is 13.7. The van der Waals surface area contributed by atoms with Crippen molar-refractivity contribution in [3.05, 3.63) is 89.7 Å². The van der Waals surface area contributed by atoms with Gasteiger partial charge in [-0.25, -0.2) is 12.8 Å². The van der Waals surface area contributed by atoms with E-state index in [0.717, 1.165) is 53.2 Å². The molecule has 41 heavy (non-hydrogen) atoms. The molecule has 2 amide bonds. The van der Waals surface area contributed by atoms with Crippen LogP contribution in [0.4, 0.5) is 10.1 Å². The fourth-order valence-corrected chi connectivity index (χ4v) is 6.37. The monoisotopic (exact) mass is 581 g/mol. The normalized spacial score (nSPS) is 14.3. The number of ether oxygens (including phenoxy) is 1. The van der Waals surface area contributed by atoms with Gasteiger partial charge in [-0.3, -0.25) is 13.9 Å². The van der Waals surface area contributed by atoms with Gasteiger partial charge in [0.1, 0.15) is 24.2 Å². The molecule has 10 heteroatoms. The second-order valence-corrected chi connectivity index (χ2v) is 12.1. The predicted octanol–water partition coefficient (Wildman–Crippen LogP) is 4.81. The van der Waals surface area contributed by atoms with E-state index in [1.165, 1.54) is 48.4 Å². The van der Waals surface area contributed by atoms with Crippen LogP contribution in [0.25, 0.3) is 0 Å². The smallest absolute Gasteiger partial charge is 0.264 e. The SMILES string of the molecule is COc1ccc(S(=O)(=O)N(CC(=O)N(Cc2ccccc2C)[C@@H](C)C(=O)NC2CCCC2)c2ccc(F)cc2)cc1. The van der Waals surface area contributed by atoms with Crippen LogP contribution in [0.2, 0.25) is 0 Å². The number of aryl methyl sites for hydroxylation is 1. The van der Waals surface area contributed by atoms with Gasteiger partial charge in [-0.15, -0.1) is 0 Å². The zero-order chi connectivity index (χ0) is 29.6. The Morgan fingerprint density at radius 3 is 2.24 bits per heavy atom. The van der Waals surface area contributed by atoms with Crippen molar-refractivity contribution < 1.29 is 27.1 Å². The molecule has 0 bridgehead atoms. The lowest BCUT2D eigenvalue weighted by Crippen LogP contribution is -2.52. The van der Waals surface area contributed by atoms with Crippen LogP contribution in [0.1, 0.15) is 43.7 Å². The first-order valence-corrected chi connectivity index (χ1v) is 15.1. The molecule has 0 unspecified atom stereocenters. The number of sulfonamides is 1. The summed E-state index contributed by atoms with van der Waals surface area (Å²) < 4.78 is 47.6. The van der Waals surface area contributed by atoms with Crippen molar-refractivity contribution in [3.8, 4) is 5.75 Å². The third-order valence-electron chi connectivity index (χ3n) is 7.51. The Labute approximate surface area is 241 Å². The van der Waals surface area contributed by atoms with Gasteiger partial charge >= 0.3 is 0 Å². The summed E-state index contributed by atoms with van der Waals surface area (Å²) in [5, 5.41) is 3.05. The predicted molar refractivity (Wildman–Crippen MR) is 156 cm³/mol. The third-order valence-corrected chi connectivity index (χ3v) is 9.30. The van der Waals surface area contributed by atoms with Gasteiger partial charge in [0.05, 0.1) is 17.7 Å². The van der Waals surface area contributed by atoms with Crippen molar-refractivity contribution in [3.63, 3.8) is 0 Å². The van der Waals surface area contributed by atoms with Gasteiger partial charge in [0.15, 0.2) is 0 Å². The van der Waals surface area contributed by atoms with Crippen LogP contribution in [0.15, 0.2) is 77.7 Å². The Morgan fingerprint density at radius 2 is 1.63 bits per heavy atom. The highest BCUT2D eigenvalue weighted by Gasteiger charge is 2.33. The fourth-order valence-electron chi connectivity index (χ4n) is 4.96. The second-order valence-electron chi connectivity index (χ2n) is 10.3. The number of anilines is 1. The van der Waals surface area contributed by atoms with E-state index in [4.69, 9.17) is 4.74 Å². The van der Waals surface area contributed by atoms with Crippen LogP contribution in [0.5, 0.6) is 5.75 Å². The van der Waals surface area contributed by atoms with Gasteiger partial charge in [0.2, 0.25) is 11.8 Å². The first kappa shape index (κ1) is 30.0. The molecule has 0 aliphatic heterocycles. The summed E-state index contributed by atoms with van der Waals surface area (Å²) in [4.78, 5) is 28.7. The molecule has 4 rings (SSSR count). The fraction of sp³-hybridized carbons (Fsp3) is 0.355. The number of benzene rings is 3. The summed E-state index contributed by atoms with van der Waals surface area (Å²) in [5.74, 6) is -0.922. The number of carbonyl (C=O) groups is 2. The maximum absolute atomic E-state index is 14.0. The highest BCUT2D eigenvalue weighted by atomic mass is 32.2. The molecule has 8 nitrogen and oxygen atoms in total. The van der Waals surface area contributed by atoms with Gasteiger partial charge in [0, 0.05) is 12.6 Å². The molecular formula is C31H36FN3O5S. The summed E-state index contributed by atoms with van der Waals surface area (Å²) in [7, 11) is -2.79. The molecular weight excluding hydrogens is 545 g/mol. The minimum absolute atomic E-state index is 0.0616. The third kappa shape index (κ3) is 7.24. The van der Waals surface area contributed by atoms with Crippen molar-refractivity contribution in [2.24, 2.45) is 0 Å². The maximum atomic E-state index is 14.0. The summed E-state index contributed by atoms with van der Waals surface area (Å²) in [6.07, 6.45) is 3.87. The van der Waals surface area contributed by atoms with E-state index in [2.05, 4.69) is 5.32 Å². The van der Waals surface area contributed by atoms with Crippen molar-refractivity contribution in [1.82, 2.24) is 10.2 Å². The average molecular weight is 582 g/mol. The van der Waals surface area contributed by atoms with Gasteiger partial charge in [-0.2, -0.15) is 0 Å². The minimum atomic E-state index is -4.26. The molecule has 1 saturated carbocycles. The summed E-state index contributed by atoms with van der Waals surface area (Å²) in [5.41, 5.74) is 1.90. The number of nitrogens with zero attached hydrogens (tertiary/aromatic N) is 2. The summed E-state index contributed by atoms with van der Waals surface area (Å²) >= 11 is 0. The molecule has 1 aliphatic rings. The Hall–Kier alpha value is -3.92. The highest BCUT2D eigenvalue weighted by molar-refractivity contribution is 7.92. The van der Waals surface area contributed by atoms with Gasteiger partial charge in [0.25, 0.3) is 10.0 Å². The van der Waals surface area contributed by atoms with Crippen LogP contribution in [-0.2, 0) is 26.2 Å². The van der Waals surface area contributed by atoms with E-state index in [0.29, 0.717) is 5.75 Å². The van der Waals surface area contributed by atoms with E-state index < -0.39 is 34.3 Å². The lowest BCUT2D eigenvalue weighted by atomic mass is 10.1. The average Bonchev–Trinajstić information content (AvgIpc) is 3.48. The Kier molecular flexibility index (Phi) is 9.65. The van der Waals surface area contributed by atoms with Crippen LogP contribution in [0, 0.1) is 12.7 Å². The molecule has 1 atom stereocenters. The van der Waals surface area contributed by atoms with Crippen molar-refractivity contribution in [2.75, 3.05) is 18.0 Å². The van der Waals surface area contributed by atoms with Crippen LogP contribution in [-0.4, -0.2) is 50.9 Å². The highest BCUT2D eigenvalue weighted by Crippen LogP contribution is 2.26. The van der Waals surface area contributed by atoms with Crippen LogP contribution in [0.3, 0.4) is 0 Å². The summed E-state index contributed by atoms with van der Waals surface area (Å²) in [6.45, 7) is 3.10. The zero-order valence-corrected chi connectivity index (χ0v) is 24.4. The lowest BCUT2D eigenvalue weighted by Gasteiger charge is -2.32. The van der Waals surface area contributed by atoms with Crippen molar-refractivity contribution in [1.29, 1.82) is 0 Å². The van der Waals surface area contributed by atoms with Crippen molar-refractivity contribution in [2.45, 2.75) is 63.1 Å². The van der Waals surface area contributed by atoms with Crippen LogP contribution < -0.4 is 14.4 Å². The van der Waals surface area contributed by atoms with Crippen molar-refractivity contribution >= 4 is 27.5 Å². The molecule has 1 N–H and O–H groups in total. The number of methoxy groups -OCH3 is 1. The largest absolute Gasteiger partial charge is 0.497 e. The number of nitrogens with one attached hydrogen (secondary N) is 1. The standard InChI is InChI=1S/C31H36FN3O5S/c1-22-8-4-5-9-24(22)20-34(23(2)31(37)33-26-10-6-7-11-26)30(36)21-35(27-14-12-25(32)13-15-27)41(38,39)29-18-16-28(40-3)17-19-29/h4-5,8-9,12-19,23,26H,6-7,10-11,20-21H2,1-3H3,(H,33,37)/t23-/m0/s1. The molecule has 218 valence electrons. The molecule has 1 aliphatic carbocycles. The number of rotatable bonds is 11. The van der Waals surface area contributed by atoms with Gasteiger partial charge in [-0.1, -0.05) is 37.1 Å². The molecule has 0 heterocycles. The Morgan fingerprint density at radius 1 is 1.00 bits per heavy atom. The quantitative estimate of drug-likeness (QED) is 0.351. The molecule has 0 spiro atoms. The maximum Gasteiger partial charge on any atom is 0.264 e. The molecule has 1 fully saturated rings. The van der Waals surface area contributed by atoms with E-state index in [1.807, 2.05) is 31.2 Å².